The zero-order chi connectivity index (χ0) is 25.2. The van der Waals surface area contributed by atoms with Crippen molar-refractivity contribution in [3.63, 3.8) is 0 Å². The van der Waals surface area contributed by atoms with Crippen LogP contribution in [0.5, 0.6) is 0 Å². The van der Waals surface area contributed by atoms with Gasteiger partial charge in [0, 0.05) is 6.92 Å². The molecule has 7 heteroatoms. The number of hydrogen-bond donors (Lipinski definition) is 1. The van der Waals surface area contributed by atoms with Crippen LogP contribution >= 0.6 is 12.6 Å². The van der Waals surface area contributed by atoms with Crippen LogP contribution in [0.1, 0.15) is 23.6 Å². The number of benzene rings is 3. The van der Waals surface area contributed by atoms with Gasteiger partial charge >= 0.3 is 5.97 Å². The van der Waals surface area contributed by atoms with Gasteiger partial charge < -0.3 is 23.7 Å². The SMILES string of the molecule is CC(=O)O[C@@H]1[C@@H](OCc2ccccc2)[C@H](OCc2ccccc2)[C@@H](COCc2ccccc2)O[C@H]1S. The van der Waals surface area contributed by atoms with Crippen molar-refractivity contribution in [3.8, 4) is 0 Å². The van der Waals surface area contributed by atoms with E-state index in [2.05, 4.69) is 12.6 Å². The van der Waals surface area contributed by atoms with Crippen LogP contribution in [0.4, 0.5) is 0 Å². The van der Waals surface area contributed by atoms with Gasteiger partial charge in [0.2, 0.25) is 0 Å². The van der Waals surface area contributed by atoms with Gasteiger partial charge in [0.05, 0.1) is 26.4 Å². The molecule has 0 saturated carbocycles. The van der Waals surface area contributed by atoms with E-state index in [-0.39, 0.29) is 6.61 Å². The minimum Gasteiger partial charge on any atom is -0.456 e. The molecule has 3 aromatic carbocycles. The predicted octanol–water partition coefficient (Wildman–Crippen LogP) is 4.96. The quantitative estimate of drug-likeness (QED) is 0.292. The Labute approximate surface area is 217 Å². The van der Waals surface area contributed by atoms with Crippen LogP contribution in [0.15, 0.2) is 91.0 Å². The molecular weight excluding hydrogens is 476 g/mol. The van der Waals surface area contributed by atoms with Crippen LogP contribution in [-0.2, 0) is 48.3 Å². The van der Waals surface area contributed by atoms with Crippen molar-refractivity contribution < 1.29 is 28.5 Å². The number of carbonyl (C=O) groups is 1. The molecule has 1 heterocycles. The lowest BCUT2D eigenvalue weighted by Crippen LogP contribution is -2.60. The van der Waals surface area contributed by atoms with Crippen molar-refractivity contribution in [1.82, 2.24) is 0 Å². The van der Waals surface area contributed by atoms with E-state index >= 15 is 0 Å². The second kappa shape index (κ2) is 13.6. The molecule has 0 aromatic heterocycles. The lowest BCUT2D eigenvalue weighted by atomic mass is 9.99. The van der Waals surface area contributed by atoms with E-state index in [9.17, 15) is 4.79 Å². The molecule has 0 spiro atoms. The summed E-state index contributed by atoms with van der Waals surface area (Å²) in [5, 5.41) is 0. The highest BCUT2D eigenvalue weighted by atomic mass is 32.1. The van der Waals surface area contributed by atoms with Crippen LogP contribution in [-0.4, -0.2) is 42.4 Å². The number of hydrogen-bond acceptors (Lipinski definition) is 7. The van der Waals surface area contributed by atoms with Crippen molar-refractivity contribution in [2.24, 2.45) is 0 Å². The first-order chi connectivity index (χ1) is 17.6. The Morgan fingerprint density at radius 2 is 1.19 bits per heavy atom. The van der Waals surface area contributed by atoms with Gasteiger partial charge in [-0.25, -0.2) is 0 Å². The van der Waals surface area contributed by atoms with E-state index in [1.807, 2.05) is 91.0 Å². The fourth-order valence-electron chi connectivity index (χ4n) is 4.14. The molecule has 1 fully saturated rings. The fourth-order valence-corrected chi connectivity index (χ4v) is 4.52. The average Bonchev–Trinajstić information content (AvgIpc) is 2.90. The number of thiol groups is 1. The number of rotatable bonds is 11. The lowest BCUT2D eigenvalue weighted by Gasteiger charge is -2.44. The Hall–Kier alpha value is -2.68. The second-order valence-electron chi connectivity index (χ2n) is 8.66. The first-order valence-corrected chi connectivity index (χ1v) is 12.6. The van der Waals surface area contributed by atoms with Gasteiger partial charge in [-0.05, 0) is 16.7 Å². The molecule has 0 bridgehead atoms. The molecular formula is C29H32O6S. The maximum atomic E-state index is 11.9. The summed E-state index contributed by atoms with van der Waals surface area (Å²) in [6, 6.07) is 29.6. The van der Waals surface area contributed by atoms with Crippen molar-refractivity contribution >= 4 is 18.6 Å². The molecule has 0 radical (unpaired) electrons. The van der Waals surface area contributed by atoms with E-state index in [0.717, 1.165) is 16.7 Å². The summed E-state index contributed by atoms with van der Waals surface area (Å²) in [4.78, 5) is 11.9. The first kappa shape index (κ1) is 26.4. The highest BCUT2D eigenvalue weighted by Crippen LogP contribution is 2.31. The highest BCUT2D eigenvalue weighted by molar-refractivity contribution is 7.80. The van der Waals surface area contributed by atoms with E-state index in [1.165, 1.54) is 6.92 Å². The molecule has 6 nitrogen and oxygen atoms in total. The zero-order valence-corrected chi connectivity index (χ0v) is 21.2. The fraction of sp³-hybridized carbons (Fsp3) is 0.345. The summed E-state index contributed by atoms with van der Waals surface area (Å²) in [5.74, 6) is -0.434. The summed E-state index contributed by atoms with van der Waals surface area (Å²) in [5.41, 5.74) is 2.38. The van der Waals surface area contributed by atoms with E-state index in [4.69, 9.17) is 23.7 Å². The number of ether oxygens (including phenoxy) is 5. The summed E-state index contributed by atoms with van der Waals surface area (Å²) in [7, 11) is 0. The first-order valence-electron chi connectivity index (χ1n) is 12.0. The van der Waals surface area contributed by atoms with Crippen LogP contribution in [0.25, 0.3) is 0 Å². The molecule has 5 atom stereocenters. The predicted molar refractivity (Wildman–Crippen MR) is 139 cm³/mol. The highest BCUT2D eigenvalue weighted by Gasteiger charge is 2.48. The largest absolute Gasteiger partial charge is 0.456 e. The molecule has 1 aliphatic rings. The molecule has 0 N–H and O–H groups in total. The molecule has 0 amide bonds. The summed E-state index contributed by atoms with van der Waals surface area (Å²) in [6.45, 7) is 2.74. The van der Waals surface area contributed by atoms with Gasteiger partial charge in [0.25, 0.3) is 0 Å². The lowest BCUT2D eigenvalue weighted by molar-refractivity contribution is -0.248. The maximum absolute atomic E-state index is 11.9. The molecule has 190 valence electrons. The molecule has 36 heavy (non-hydrogen) atoms. The molecule has 0 unspecified atom stereocenters. The van der Waals surface area contributed by atoms with E-state index in [0.29, 0.717) is 19.8 Å². The molecule has 1 aliphatic heterocycles. The Morgan fingerprint density at radius 1 is 0.722 bits per heavy atom. The Morgan fingerprint density at radius 3 is 1.69 bits per heavy atom. The van der Waals surface area contributed by atoms with Crippen molar-refractivity contribution in [1.29, 1.82) is 0 Å². The standard InChI is InChI=1S/C29H32O6S/c1-21(30)34-28-27(33-19-24-15-9-4-10-16-24)26(32-18-23-13-7-3-8-14-23)25(35-29(28)36)20-31-17-22-11-5-2-6-12-22/h2-16,25-29,36H,17-20H2,1H3/t25-,26-,27+,28-,29+/m1/s1. The Balaban J connectivity index is 1.53. The average molecular weight is 509 g/mol. The van der Waals surface area contributed by atoms with Crippen LogP contribution in [0.2, 0.25) is 0 Å². The smallest absolute Gasteiger partial charge is 0.303 e. The Kier molecular flexibility index (Phi) is 9.95. The number of esters is 1. The molecule has 0 aliphatic carbocycles. The molecule has 1 saturated heterocycles. The third-order valence-electron chi connectivity index (χ3n) is 5.88. The zero-order valence-electron chi connectivity index (χ0n) is 20.3. The summed E-state index contributed by atoms with van der Waals surface area (Å²) in [6.07, 6.45) is -2.40. The molecule has 3 aromatic rings. The minimum atomic E-state index is -0.749. The van der Waals surface area contributed by atoms with Crippen LogP contribution < -0.4 is 0 Å². The normalized spacial score (nSPS) is 23.8. The van der Waals surface area contributed by atoms with Crippen molar-refractivity contribution in [2.75, 3.05) is 6.61 Å². The third-order valence-corrected chi connectivity index (χ3v) is 6.29. The van der Waals surface area contributed by atoms with E-state index < -0.39 is 35.8 Å². The third kappa shape index (κ3) is 7.66. The van der Waals surface area contributed by atoms with Crippen molar-refractivity contribution in [3.05, 3.63) is 108 Å². The van der Waals surface area contributed by atoms with E-state index in [1.54, 1.807) is 0 Å². The maximum Gasteiger partial charge on any atom is 0.303 e. The monoisotopic (exact) mass is 508 g/mol. The number of carbonyl (C=O) groups excluding carboxylic acids is 1. The summed E-state index contributed by atoms with van der Waals surface area (Å²) < 4.78 is 30.6. The van der Waals surface area contributed by atoms with Gasteiger partial charge in [-0.15, -0.1) is 12.6 Å². The minimum absolute atomic E-state index is 0.267. The van der Waals surface area contributed by atoms with Crippen molar-refractivity contribution in [2.45, 2.75) is 56.6 Å². The second-order valence-corrected chi connectivity index (χ2v) is 9.17. The van der Waals surface area contributed by atoms with Gasteiger partial charge in [0.1, 0.15) is 23.7 Å². The van der Waals surface area contributed by atoms with Gasteiger partial charge in [-0.3, -0.25) is 4.79 Å². The summed E-state index contributed by atoms with van der Waals surface area (Å²) >= 11 is 4.61. The van der Waals surface area contributed by atoms with Gasteiger partial charge in [-0.1, -0.05) is 91.0 Å². The van der Waals surface area contributed by atoms with Gasteiger partial charge in [0.15, 0.2) is 6.10 Å². The topological polar surface area (TPSA) is 63.2 Å². The van der Waals surface area contributed by atoms with Crippen LogP contribution in [0, 0.1) is 0 Å². The molecule has 4 rings (SSSR count). The van der Waals surface area contributed by atoms with Crippen LogP contribution in [0.3, 0.4) is 0 Å². The van der Waals surface area contributed by atoms with Gasteiger partial charge in [-0.2, -0.15) is 0 Å². The Bertz CT molecular complexity index is 1050.